The minimum absolute atomic E-state index is 0.413. The maximum Gasteiger partial charge on any atom is 0.222 e. The highest BCUT2D eigenvalue weighted by Crippen LogP contribution is 2.37. The highest BCUT2D eigenvalue weighted by molar-refractivity contribution is 5.77. The van der Waals surface area contributed by atoms with E-state index in [1.165, 1.54) is 25.7 Å². The van der Waals surface area contributed by atoms with Gasteiger partial charge in [-0.2, -0.15) is 0 Å². The molecule has 2 heteroatoms. The van der Waals surface area contributed by atoms with Gasteiger partial charge in [-0.15, -0.1) is 0 Å². The summed E-state index contributed by atoms with van der Waals surface area (Å²) in [6.07, 6.45) is 5.95. The lowest BCUT2D eigenvalue weighted by Gasteiger charge is -2.31. The first kappa shape index (κ1) is 11.0. The van der Waals surface area contributed by atoms with Crippen LogP contribution in [0.25, 0.3) is 0 Å². The average molecular weight is 209 g/mol. The largest absolute Gasteiger partial charge is 0.343 e. The number of likely N-dealkylation sites (tertiary alicyclic amines) is 1. The van der Waals surface area contributed by atoms with E-state index in [1.54, 1.807) is 0 Å². The third kappa shape index (κ3) is 2.53. The molecule has 2 nitrogen and oxygen atoms in total. The van der Waals surface area contributed by atoms with Gasteiger partial charge in [-0.05, 0) is 43.4 Å². The first-order valence-electron chi connectivity index (χ1n) is 6.44. The molecule has 15 heavy (non-hydrogen) atoms. The Morgan fingerprint density at radius 2 is 2.07 bits per heavy atom. The van der Waals surface area contributed by atoms with Gasteiger partial charge in [0.2, 0.25) is 5.91 Å². The predicted octanol–water partition coefficient (Wildman–Crippen LogP) is 2.68. The second kappa shape index (κ2) is 4.54. The minimum atomic E-state index is 0.413. The van der Waals surface area contributed by atoms with Crippen molar-refractivity contribution in [2.75, 3.05) is 13.1 Å². The van der Waals surface area contributed by atoms with Crippen LogP contribution >= 0.6 is 0 Å². The summed E-state index contributed by atoms with van der Waals surface area (Å²) in [6.45, 7) is 6.65. The molecular weight excluding hydrogens is 186 g/mol. The molecule has 0 aromatic rings. The molecule has 1 heterocycles. The van der Waals surface area contributed by atoms with Crippen molar-refractivity contribution in [3.05, 3.63) is 0 Å². The van der Waals surface area contributed by atoms with Gasteiger partial charge in [-0.3, -0.25) is 4.79 Å². The molecular formula is C13H23NO. The molecule has 2 atom stereocenters. The Bertz CT molecular complexity index is 233. The fourth-order valence-electron chi connectivity index (χ4n) is 2.85. The maximum atomic E-state index is 11.8. The summed E-state index contributed by atoms with van der Waals surface area (Å²) in [6, 6.07) is 0. The zero-order valence-corrected chi connectivity index (χ0v) is 10.0. The summed E-state index contributed by atoms with van der Waals surface area (Å²) in [7, 11) is 0. The highest BCUT2D eigenvalue weighted by Gasteiger charge is 2.30. The van der Waals surface area contributed by atoms with Crippen LogP contribution in [0.1, 0.15) is 46.0 Å². The smallest absolute Gasteiger partial charge is 0.222 e. The van der Waals surface area contributed by atoms with E-state index in [2.05, 4.69) is 13.8 Å². The summed E-state index contributed by atoms with van der Waals surface area (Å²) in [5.74, 6) is 2.77. The first-order chi connectivity index (χ1) is 7.16. The number of rotatable bonds is 3. The van der Waals surface area contributed by atoms with E-state index >= 15 is 0 Å². The van der Waals surface area contributed by atoms with Crippen LogP contribution in [0.3, 0.4) is 0 Å². The zero-order valence-electron chi connectivity index (χ0n) is 10.0. The standard InChI is InChI=1S/C13H23NO/c1-10(2)12-5-4-11(8-12)9-13(15)14-6-3-7-14/h10-12H,3-9H2,1-2H3. The molecule has 86 valence electrons. The molecule has 2 unspecified atom stereocenters. The fraction of sp³-hybridized carbons (Fsp3) is 0.923. The Balaban J connectivity index is 1.74. The van der Waals surface area contributed by atoms with E-state index in [0.717, 1.165) is 31.3 Å². The van der Waals surface area contributed by atoms with Crippen molar-refractivity contribution >= 4 is 5.91 Å². The van der Waals surface area contributed by atoms with Crippen LogP contribution < -0.4 is 0 Å². The summed E-state index contributed by atoms with van der Waals surface area (Å²) >= 11 is 0. The quantitative estimate of drug-likeness (QED) is 0.700. The molecule has 2 fully saturated rings. The van der Waals surface area contributed by atoms with Crippen LogP contribution in [0.2, 0.25) is 0 Å². The van der Waals surface area contributed by atoms with E-state index < -0.39 is 0 Å². The van der Waals surface area contributed by atoms with Crippen molar-refractivity contribution in [1.29, 1.82) is 0 Å². The van der Waals surface area contributed by atoms with Gasteiger partial charge >= 0.3 is 0 Å². The number of carbonyl (C=O) groups excluding carboxylic acids is 1. The van der Waals surface area contributed by atoms with Crippen LogP contribution in [-0.4, -0.2) is 23.9 Å². The van der Waals surface area contributed by atoms with Gasteiger partial charge in [-0.1, -0.05) is 13.8 Å². The lowest BCUT2D eigenvalue weighted by molar-refractivity contribution is -0.135. The van der Waals surface area contributed by atoms with Gasteiger partial charge in [0.15, 0.2) is 0 Å². The fourth-order valence-corrected chi connectivity index (χ4v) is 2.85. The van der Waals surface area contributed by atoms with Crippen LogP contribution in [0, 0.1) is 17.8 Å². The number of nitrogens with zero attached hydrogens (tertiary/aromatic N) is 1. The SMILES string of the molecule is CC(C)C1CCC(CC(=O)N2CCC2)C1. The number of carbonyl (C=O) groups is 1. The van der Waals surface area contributed by atoms with Gasteiger partial charge in [0.1, 0.15) is 0 Å². The first-order valence-corrected chi connectivity index (χ1v) is 6.44. The third-order valence-electron chi connectivity index (χ3n) is 4.20. The number of amides is 1. The van der Waals surface area contributed by atoms with Gasteiger partial charge in [-0.25, -0.2) is 0 Å². The summed E-state index contributed by atoms with van der Waals surface area (Å²) in [5.41, 5.74) is 0. The second-order valence-electron chi connectivity index (χ2n) is 5.62. The molecule has 0 aromatic carbocycles. The molecule has 0 N–H and O–H groups in total. The van der Waals surface area contributed by atoms with Gasteiger partial charge < -0.3 is 4.90 Å². The van der Waals surface area contributed by atoms with Crippen molar-refractivity contribution in [1.82, 2.24) is 4.90 Å². The van der Waals surface area contributed by atoms with Gasteiger partial charge in [0, 0.05) is 19.5 Å². The summed E-state index contributed by atoms with van der Waals surface area (Å²) in [5, 5.41) is 0. The van der Waals surface area contributed by atoms with Crippen molar-refractivity contribution in [2.45, 2.75) is 46.0 Å². The minimum Gasteiger partial charge on any atom is -0.343 e. The summed E-state index contributed by atoms with van der Waals surface area (Å²) < 4.78 is 0. The average Bonchev–Trinajstić information content (AvgIpc) is 2.48. The van der Waals surface area contributed by atoms with E-state index in [4.69, 9.17) is 0 Å². The molecule has 1 amide bonds. The number of hydrogen-bond acceptors (Lipinski definition) is 1. The monoisotopic (exact) mass is 209 g/mol. The molecule has 2 aliphatic rings. The van der Waals surface area contributed by atoms with Crippen molar-refractivity contribution < 1.29 is 4.79 Å². The lowest BCUT2D eigenvalue weighted by atomic mass is 9.92. The van der Waals surface area contributed by atoms with E-state index in [9.17, 15) is 4.79 Å². The molecule has 0 radical (unpaired) electrons. The van der Waals surface area contributed by atoms with Gasteiger partial charge in [0.25, 0.3) is 0 Å². The zero-order chi connectivity index (χ0) is 10.8. The van der Waals surface area contributed by atoms with E-state index in [0.29, 0.717) is 11.8 Å². The molecule has 0 bridgehead atoms. The highest BCUT2D eigenvalue weighted by atomic mass is 16.2. The topological polar surface area (TPSA) is 20.3 Å². The van der Waals surface area contributed by atoms with Crippen LogP contribution in [0.4, 0.5) is 0 Å². The van der Waals surface area contributed by atoms with E-state index in [1.807, 2.05) is 4.90 Å². The molecule has 1 saturated carbocycles. The van der Waals surface area contributed by atoms with Crippen molar-refractivity contribution in [3.8, 4) is 0 Å². The molecule has 1 aliphatic heterocycles. The van der Waals surface area contributed by atoms with Crippen molar-refractivity contribution in [3.63, 3.8) is 0 Å². The Labute approximate surface area is 93.0 Å². The molecule has 1 saturated heterocycles. The van der Waals surface area contributed by atoms with Crippen LogP contribution in [-0.2, 0) is 4.79 Å². The normalized spacial score (nSPS) is 30.7. The van der Waals surface area contributed by atoms with Crippen molar-refractivity contribution in [2.24, 2.45) is 17.8 Å². The van der Waals surface area contributed by atoms with E-state index in [-0.39, 0.29) is 0 Å². The Hall–Kier alpha value is -0.530. The van der Waals surface area contributed by atoms with Crippen LogP contribution in [0.5, 0.6) is 0 Å². The Morgan fingerprint density at radius 1 is 1.33 bits per heavy atom. The van der Waals surface area contributed by atoms with Crippen LogP contribution in [0.15, 0.2) is 0 Å². The molecule has 1 aliphatic carbocycles. The van der Waals surface area contributed by atoms with Gasteiger partial charge in [0.05, 0.1) is 0 Å². The third-order valence-corrected chi connectivity index (χ3v) is 4.20. The second-order valence-corrected chi connectivity index (χ2v) is 5.62. The molecule has 2 rings (SSSR count). The molecule has 0 spiro atoms. The summed E-state index contributed by atoms with van der Waals surface area (Å²) in [4.78, 5) is 13.8. The number of hydrogen-bond donors (Lipinski definition) is 0. The Morgan fingerprint density at radius 3 is 2.53 bits per heavy atom. The lowest BCUT2D eigenvalue weighted by Crippen LogP contribution is -2.42. The predicted molar refractivity (Wildman–Crippen MR) is 61.5 cm³/mol. The Kier molecular flexibility index (Phi) is 3.32. The maximum absolute atomic E-state index is 11.8. The molecule has 0 aromatic heterocycles.